The molecule has 0 amide bonds. The van der Waals surface area contributed by atoms with Gasteiger partial charge in [-0.25, -0.2) is 0 Å². The zero-order chi connectivity index (χ0) is 13.9. The highest BCUT2D eigenvalue weighted by molar-refractivity contribution is 5.79. The lowest BCUT2D eigenvalue weighted by atomic mass is 10.1. The Morgan fingerprint density at radius 2 is 1.50 bits per heavy atom. The summed E-state index contributed by atoms with van der Waals surface area (Å²) in [5.41, 5.74) is 5.49. The van der Waals surface area contributed by atoms with Crippen LogP contribution >= 0.6 is 0 Å². The van der Waals surface area contributed by atoms with Gasteiger partial charge in [-0.1, -0.05) is 36.1 Å². The number of hydrogen-bond donors (Lipinski definition) is 0. The molecule has 1 nitrogen and oxygen atoms in total. The molecule has 0 aliphatic heterocycles. The van der Waals surface area contributed by atoms with E-state index in [1.165, 1.54) is 11.1 Å². The summed E-state index contributed by atoms with van der Waals surface area (Å²) in [5, 5.41) is 1.12. The minimum Gasteiger partial charge on any atom is -0.255 e. The van der Waals surface area contributed by atoms with Crippen molar-refractivity contribution < 1.29 is 0 Å². The highest BCUT2D eigenvalue weighted by atomic mass is 14.6. The summed E-state index contributed by atoms with van der Waals surface area (Å²) in [6.07, 6.45) is 1.83. The Labute approximate surface area is 119 Å². The number of pyridine rings is 1. The van der Waals surface area contributed by atoms with Gasteiger partial charge in [0.2, 0.25) is 0 Å². The number of nitrogens with zero attached hydrogens (tertiary/aromatic N) is 1. The van der Waals surface area contributed by atoms with Crippen molar-refractivity contribution in [1.82, 2.24) is 4.98 Å². The smallest absolute Gasteiger partial charge is 0.0702 e. The molecule has 1 heteroatoms. The van der Waals surface area contributed by atoms with Crippen molar-refractivity contribution in [2.75, 3.05) is 0 Å². The number of aryl methyl sites for hydroxylation is 2. The summed E-state index contributed by atoms with van der Waals surface area (Å²) in [6.45, 7) is 4.19. The van der Waals surface area contributed by atoms with E-state index in [0.717, 1.165) is 22.0 Å². The summed E-state index contributed by atoms with van der Waals surface area (Å²) in [4.78, 5) is 4.43. The van der Waals surface area contributed by atoms with Gasteiger partial charge in [-0.15, -0.1) is 0 Å². The van der Waals surface area contributed by atoms with E-state index >= 15 is 0 Å². The fourth-order valence-corrected chi connectivity index (χ4v) is 2.33. The van der Waals surface area contributed by atoms with E-state index in [0.29, 0.717) is 0 Å². The van der Waals surface area contributed by atoms with Crippen molar-refractivity contribution >= 4 is 10.9 Å². The molecule has 0 spiro atoms. The lowest BCUT2D eigenvalue weighted by Gasteiger charge is -1.98. The van der Waals surface area contributed by atoms with E-state index in [4.69, 9.17) is 0 Å². The quantitative estimate of drug-likeness (QED) is 0.549. The molecule has 0 fully saturated rings. The molecule has 2 aromatic carbocycles. The molecule has 0 N–H and O–H groups in total. The van der Waals surface area contributed by atoms with Crippen molar-refractivity contribution in [3.63, 3.8) is 0 Å². The van der Waals surface area contributed by atoms with Gasteiger partial charge >= 0.3 is 0 Å². The van der Waals surface area contributed by atoms with Crippen molar-refractivity contribution in [2.24, 2.45) is 0 Å². The summed E-state index contributed by atoms with van der Waals surface area (Å²) in [7, 11) is 0. The first-order chi connectivity index (χ1) is 9.70. The SMILES string of the molecule is Cc1cc(C)cc(C#Cc2cnc3ccccc3c2)c1. The second kappa shape index (κ2) is 5.19. The van der Waals surface area contributed by atoms with Gasteiger partial charge in [-0.05, 0) is 49.2 Å². The van der Waals surface area contributed by atoms with E-state index in [1.807, 2.05) is 24.4 Å². The Morgan fingerprint density at radius 1 is 0.800 bits per heavy atom. The maximum Gasteiger partial charge on any atom is 0.0702 e. The molecular weight excluding hydrogens is 242 g/mol. The summed E-state index contributed by atoms with van der Waals surface area (Å²) in [5.74, 6) is 6.41. The first-order valence-corrected chi connectivity index (χ1v) is 6.66. The molecule has 0 aliphatic rings. The lowest BCUT2D eigenvalue weighted by Crippen LogP contribution is -1.83. The predicted octanol–water partition coefficient (Wildman–Crippen LogP) is 4.25. The molecule has 1 aromatic heterocycles. The predicted molar refractivity (Wildman–Crippen MR) is 83.6 cm³/mol. The first kappa shape index (κ1) is 12.4. The van der Waals surface area contributed by atoms with Crippen LogP contribution < -0.4 is 0 Å². The van der Waals surface area contributed by atoms with Gasteiger partial charge in [0.1, 0.15) is 0 Å². The average Bonchev–Trinajstić information content (AvgIpc) is 2.44. The van der Waals surface area contributed by atoms with Gasteiger partial charge in [0, 0.05) is 22.7 Å². The number of aromatic nitrogens is 1. The van der Waals surface area contributed by atoms with Crippen LogP contribution in [0.5, 0.6) is 0 Å². The van der Waals surface area contributed by atoms with Crippen LogP contribution in [0.15, 0.2) is 54.7 Å². The second-order valence-corrected chi connectivity index (χ2v) is 5.04. The van der Waals surface area contributed by atoms with Gasteiger partial charge in [-0.2, -0.15) is 0 Å². The van der Waals surface area contributed by atoms with Gasteiger partial charge in [0.05, 0.1) is 5.52 Å². The van der Waals surface area contributed by atoms with Gasteiger partial charge in [0.15, 0.2) is 0 Å². The average molecular weight is 257 g/mol. The minimum absolute atomic E-state index is 0.947. The van der Waals surface area contributed by atoms with Gasteiger partial charge in [-0.3, -0.25) is 4.98 Å². The van der Waals surface area contributed by atoms with Crippen LogP contribution in [0.2, 0.25) is 0 Å². The standard InChI is InChI=1S/C19H15N/c1-14-9-15(2)11-16(10-14)7-8-17-12-18-5-3-4-6-19(18)20-13-17/h3-6,9-13H,1-2H3. The second-order valence-electron chi connectivity index (χ2n) is 5.04. The van der Waals surface area contributed by atoms with Crippen molar-refractivity contribution in [3.05, 3.63) is 77.0 Å². The Morgan fingerprint density at radius 3 is 2.30 bits per heavy atom. The zero-order valence-corrected chi connectivity index (χ0v) is 11.6. The highest BCUT2D eigenvalue weighted by Gasteiger charge is 1.95. The van der Waals surface area contributed by atoms with Crippen LogP contribution in [-0.4, -0.2) is 4.98 Å². The molecule has 0 radical (unpaired) electrons. The first-order valence-electron chi connectivity index (χ1n) is 6.66. The van der Waals surface area contributed by atoms with Crippen molar-refractivity contribution in [3.8, 4) is 11.8 Å². The van der Waals surface area contributed by atoms with E-state index in [1.54, 1.807) is 0 Å². The van der Waals surface area contributed by atoms with Crippen LogP contribution in [0.1, 0.15) is 22.3 Å². The van der Waals surface area contributed by atoms with E-state index in [-0.39, 0.29) is 0 Å². The molecule has 0 bridgehead atoms. The molecule has 0 unspecified atom stereocenters. The molecule has 1 heterocycles. The third kappa shape index (κ3) is 2.70. The Balaban J connectivity index is 1.99. The summed E-state index contributed by atoms with van der Waals surface area (Å²) in [6, 6.07) is 16.5. The van der Waals surface area contributed by atoms with Gasteiger partial charge < -0.3 is 0 Å². The monoisotopic (exact) mass is 257 g/mol. The number of rotatable bonds is 0. The van der Waals surface area contributed by atoms with Crippen LogP contribution in [0, 0.1) is 25.7 Å². The largest absolute Gasteiger partial charge is 0.255 e. The topological polar surface area (TPSA) is 12.9 Å². The molecular formula is C19H15N. The van der Waals surface area contributed by atoms with Crippen LogP contribution in [-0.2, 0) is 0 Å². The minimum atomic E-state index is 0.947. The Kier molecular flexibility index (Phi) is 3.23. The maximum absolute atomic E-state index is 4.43. The van der Waals surface area contributed by atoms with E-state index in [2.05, 4.69) is 61.0 Å². The maximum atomic E-state index is 4.43. The van der Waals surface area contributed by atoms with Crippen LogP contribution in [0.4, 0.5) is 0 Å². The third-order valence-corrected chi connectivity index (χ3v) is 3.16. The number of para-hydroxylation sites is 1. The van der Waals surface area contributed by atoms with Crippen molar-refractivity contribution in [1.29, 1.82) is 0 Å². The molecule has 0 atom stereocenters. The Bertz CT molecular complexity index is 815. The summed E-state index contributed by atoms with van der Waals surface area (Å²) < 4.78 is 0. The van der Waals surface area contributed by atoms with E-state index < -0.39 is 0 Å². The normalized spacial score (nSPS) is 10.1. The fraction of sp³-hybridized carbons (Fsp3) is 0.105. The fourth-order valence-electron chi connectivity index (χ4n) is 2.33. The van der Waals surface area contributed by atoms with Crippen LogP contribution in [0.25, 0.3) is 10.9 Å². The number of hydrogen-bond acceptors (Lipinski definition) is 1. The molecule has 0 saturated carbocycles. The molecule has 0 aliphatic carbocycles. The molecule has 3 aromatic rings. The number of fused-ring (bicyclic) bond motifs is 1. The third-order valence-electron chi connectivity index (χ3n) is 3.16. The molecule has 0 saturated heterocycles. The van der Waals surface area contributed by atoms with Crippen LogP contribution in [0.3, 0.4) is 0 Å². The van der Waals surface area contributed by atoms with E-state index in [9.17, 15) is 0 Å². The zero-order valence-electron chi connectivity index (χ0n) is 11.6. The number of benzene rings is 2. The Hall–Kier alpha value is -2.59. The highest BCUT2D eigenvalue weighted by Crippen LogP contribution is 2.12. The molecule has 3 rings (SSSR count). The van der Waals surface area contributed by atoms with Crippen molar-refractivity contribution in [2.45, 2.75) is 13.8 Å². The molecule has 20 heavy (non-hydrogen) atoms. The summed E-state index contributed by atoms with van der Waals surface area (Å²) >= 11 is 0. The lowest BCUT2D eigenvalue weighted by molar-refractivity contribution is 1.37. The van der Waals surface area contributed by atoms with Gasteiger partial charge in [0.25, 0.3) is 0 Å². The molecule has 96 valence electrons.